The van der Waals surface area contributed by atoms with E-state index in [-0.39, 0.29) is 42.5 Å². The third kappa shape index (κ3) is 7.98. The molecule has 1 atom stereocenters. The summed E-state index contributed by atoms with van der Waals surface area (Å²) in [5.74, 6) is 0.653. The molecule has 0 saturated carbocycles. The molecule has 0 saturated heterocycles. The van der Waals surface area contributed by atoms with Crippen molar-refractivity contribution in [1.29, 1.82) is 0 Å². The number of hydrogen-bond donors (Lipinski definition) is 2. The Bertz CT molecular complexity index is 476. The van der Waals surface area contributed by atoms with Gasteiger partial charge in [-0.3, -0.25) is 4.79 Å². The van der Waals surface area contributed by atoms with Gasteiger partial charge in [0, 0.05) is 32.1 Å². The van der Waals surface area contributed by atoms with Crippen molar-refractivity contribution in [3.05, 3.63) is 22.4 Å². The van der Waals surface area contributed by atoms with Crippen LogP contribution in [0.5, 0.6) is 0 Å². The zero-order chi connectivity index (χ0) is 16.5. The molecule has 1 heterocycles. The second-order valence-corrected chi connectivity index (χ2v) is 6.34. The number of thiophene rings is 1. The second-order valence-electron chi connectivity index (χ2n) is 5.36. The van der Waals surface area contributed by atoms with Gasteiger partial charge in [-0.05, 0) is 32.5 Å². The van der Waals surface area contributed by atoms with Crippen molar-refractivity contribution in [2.45, 2.75) is 13.0 Å². The van der Waals surface area contributed by atoms with Crippen LogP contribution in [0.15, 0.2) is 22.5 Å². The number of hydrogen-bond acceptors (Lipinski definition) is 4. The number of likely N-dealkylation sites (N-methyl/N-ethyl adjacent to an activating group) is 2. The first kappa shape index (κ1) is 22.1. The minimum absolute atomic E-state index is 0. The van der Waals surface area contributed by atoms with E-state index in [0.29, 0.717) is 5.96 Å². The number of amides is 1. The number of aliphatic imine (C=N–C) groups is 1. The van der Waals surface area contributed by atoms with Crippen molar-refractivity contribution in [2.24, 2.45) is 4.99 Å². The summed E-state index contributed by atoms with van der Waals surface area (Å²) in [5, 5.41) is 8.57. The fourth-order valence-corrected chi connectivity index (χ4v) is 2.76. The summed E-state index contributed by atoms with van der Waals surface area (Å²) in [6.45, 7) is 3.64. The summed E-state index contributed by atoms with van der Waals surface area (Å²) in [6, 6.07) is 4.47. The monoisotopic (exact) mass is 453 g/mol. The Labute approximate surface area is 160 Å². The first-order chi connectivity index (χ1) is 10.5. The van der Waals surface area contributed by atoms with E-state index in [2.05, 4.69) is 52.1 Å². The summed E-state index contributed by atoms with van der Waals surface area (Å²) >= 11 is 1.74. The van der Waals surface area contributed by atoms with Crippen molar-refractivity contribution < 1.29 is 4.79 Å². The van der Waals surface area contributed by atoms with Gasteiger partial charge in [-0.1, -0.05) is 6.07 Å². The van der Waals surface area contributed by atoms with E-state index in [1.165, 1.54) is 4.88 Å². The number of carbonyl (C=O) groups is 1. The first-order valence-electron chi connectivity index (χ1n) is 7.37. The van der Waals surface area contributed by atoms with Gasteiger partial charge in [0.1, 0.15) is 6.54 Å². The fourth-order valence-electron chi connectivity index (χ4n) is 1.84. The van der Waals surface area contributed by atoms with Crippen LogP contribution < -0.4 is 10.6 Å². The smallest absolute Gasteiger partial charge is 0.243 e. The topological polar surface area (TPSA) is 60.0 Å². The molecule has 1 aromatic rings. The molecule has 0 aromatic carbocycles. The van der Waals surface area contributed by atoms with Gasteiger partial charge in [-0.15, -0.1) is 35.3 Å². The van der Waals surface area contributed by atoms with E-state index in [1.807, 2.05) is 6.92 Å². The largest absolute Gasteiger partial charge is 0.357 e. The number of carbonyl (C=O) groups excluding carboxylic acids is 1. The molecule has 8 heteroatoms. The number of nitrogens with one attached hydrogen (secondary N) is 2. The van der Waals surface area contributed by atoms with Crippen LogP contribution in [-0.2, 0) is 4.79 Å². The zero-order valence-corrected chi connectivity index (χ0v) is 17.6. The third-order valence-corrected chi connectivity index (χ3v) is 4.15. The molecule has 2 N–H and O–H groups in total. The van der Waals surface area contributed by atoms with Crippen molar-refractivity contribution in [3.63, 3.8) is 0 Å². The molecule has 1 rings (SSSR count). The number of halogens is 1. The molecule has 1 unspecified atom stereocenters. The lowest BCUT2D eigenvalue weighted by Gasteiger charge is -2.24. The molecule has 6 nitrogen and oxygen atoms in total. The van der Waals surface area contributed by atoms with Crippen LogP contribution in [0.2, 0.25) is 0 Å². The Hall–Kier alpha value is -0.870. The molecule has 0 aliphatic rings. The molecule has 23 heavy (non-hydrogen) atoms. The Balaban J connectivity index is 0.00000484. The van der Waals surface area contributed by atoms with Crippen LogP contribution in [0.3, 0.4) is 0 Å². The average molecular weight is 453 g/mol. The first-order valence-corrected chi connectivity index (χ1v) is 8.25. The van der Waals surface area contributed by atoms with E-state index >= 15 is 0 Å². The van der Waals surface area contributed by atoms with Crippen molar-refractivity contribution >= 4 is 47.2 Å². The summed E-state index contributed by atoms with van der Waals surface area (Å²) in [4.78, 5) is 21.0. The van der Waals surface area contributed by atoms with Crippen LogP contribution in [-0.4, -0.2) is 69.5 Å². The van der Waals surface area contributed by atoms with Crippen LogP contribution in [0.1, 0.15) is 17.8 Å². The normalized spacial score (nSPS) is 12.5. The molecule has 0 aliphatic heterocycles. The van der Waals surface area contributed by atoms with Crippen LogP contribution in [0.25, 0.3) is 0 Å². The maximum atomic E-state index is 11.6. The average Bonchev–Trinajstić information content (AvgIpc) is 2.97. The summed E-state index contributed by atoms with van der Waals surface area (Å²) < 4.78 is 0. The highest BCUT2D eigenvalue weighted by molar-refractivity contribution is 14.0. The van der Waals surface area contributed by atoms with Gasteiger partial charge in [0.2, 0.25) is 5.91 Å². The summed E-state index contributed by atoms with van der Waals surface area (Å²) in [7, 11) is 7.59. The second kappa shape index (κ2) is 11.6. The molecule has 0 aliphatic carbocycles. The van der Waals surface area contributed by atoms with E-state index in [4.69, 9.17) is 0 Å². The molecule has 0 spiro atoms. The van der Waals surface area contributed by atoms with E-state index < -0.39 is 0 Å². The van der Waals surface area contributed by atoms with Gasteiger partial charge in [0.05, 0.1) is 6.04 Å². The molecule has 1 amide bonds. The molecule has 0 radical (unpaired) electrons. The Morgan fingerprint density at radius 1 is 1.30 bits per heavy atom. The summed E-state index contributed by atoms with van der Waals surface area (Å²) in [6.07, 6.45) is 0. The lowest BCUT2D eigenvalue weighted by molar-refractivity contribution is -0.127. The Morgan fingerprint density at radius 3 is 2.48 bits per heavy atom. The highest BCUT2D eigenvalue weighted by Gasteiger charge is 2.15. The van der Waals surface area contributed by atoms with Gasteiger partial charge in [-0.2, -0.15) is 0 Å². The maximum Gasteiger partial charge on any atom is 0.243 e. The third-order valence-electron chi connectivity index (χ3n) is 3.17. The standard InChI is InChI=1S/C15H27N5OS.HI/c1-6-16-15(18-11-14(21)20(4)5)17-10-12(19(2)3)13-8-7-9-22-13;/h7-9,12H,6,10-11H2,1-5H3,(H2,16,17,18);1H. The van der Waals surface area contributed by atoms with E-state index in [0.717, 1.165) is 13.1 Å². The van der Waals surface area contributed by atoms with Gasteiger partial charge in [0.15, 0.2) is 5.96 Å². The van der Waals surface area contributed by atoms with Crippen molar-refractivity contribution in [3.8, 4) is 0 Å². The van der Waals surface area contributed by atoms with Crippen molar-refractivity contribution in [1.82, 2.24) is 20.4 Å². The van der Waals surface area contributed by atoms with Gasteiger partial charge < -0.3 is 20.4 Å². The highest BCUT2D eigenvalue weighted by atomic mass is 127. The quantitative estimate of drug-likeness (QED) is 0.374. The molecule has 0 fully saturated rings. The number of rotatable bonds is 7. The van der Waals surface area contributed by atoms with Crippen LogP contribution >= 0.6 is 35.3 Å². The molecule has 132 valence electrons. The van der Waals surface area contributed by atoms with Crippen LogP contribution in [0.4, 0.5) is 0 Å². The molecule has 0 bridgehead atoms. The van der Waals surface area contributed by atoms with E-state index in [9.17, 15) is 4.79 Å². The minimum Gasteiger partial charge on any atom is -0.357 e. The van der Waals surface area contributed by atoms with Gasteiger partial charge in [-0.25, -0.2) is 4.99 Å². The number of nitrogens with zero attached hydrogens (tertiary/aromatic N) is 3. The predicted molar refractivity (Wildman–Crippen MR) is 109 cm³/mol. The molecule has 1 aromatic heterocycles. The Kier molecular flexibility index (Phi) is 11.2. The van der Waals surface area contributed by atoms with Gasteiger partial charge in [0.25, 0.3) is 0 Å². The number of guanidine groups is 1. The predicted octanol–water partition coefficient (Wildman–Crippen LogP) is 1.61. The van der Waals surface area contributed by atoms with E-state index in [1.54, 1.807) is 30.3 Å². The minimum atomic E-state index is -0.0142. The van der Waals surface area contributed by atoms with Crippen LogP contribution in [0, 0.1) is 0 Å². The van der Waals surface area contributed by atoms with Gasteiger partial charge >= 0.3 is 0 Å². The fraction of sp³-hybridized carbons (Fsp3) is 0.600. The molecular formula is C15H28IN5OS. The SMILES string of the molecule is CCNC(=NCC(=O)N(C)C)NCC(c1cccs1)N(C)C.I. The zero-order valence-electron chi connectivity index (χ0n) is 14.5. The summed E-state index contributed by atoms with van der Waals surface area (Å²) in [5.41, 5.74) is 0. The lowest BCUT2D eigenvalue weighted by atomic mass is 10.2. The molecular weight excluding hydrogens is 425 g/mol. The Morgan fingerprint density at radius 2 is 2.00 bits per heavy atom. The maximum absolute atomic E-state index is 11.6. The lowest BCUT2D eigenvalue weighted by Crippen LogP contribution is -2.42. The van der Waals surface area contributed by atoms with Crippen molar-refractivity contribution in [2.75, 3.05) is 47.8 Å². The highest BCUT2D eigenvalue weighted by Crippen LogP contribution is 2.22.